The first-order chi connectivity index (χ1) is 13.6. The zero-order valence-corrected chi connectivity index (χ0v) is 17.7. The Morgan fingerprint density at radius 1 is 1.00 bits per heavy atom. The maximum atomic E-state index is 13.6. The number of aromatic nitrogens is 2. The molecule has 0 saturated carbocycles. The Labute approximate surface area is 175 Å². The average Bonchev–Trinajstić information content (AvgIpc) is 2.68. The molecular formula is C21H20BrF3N4. The minimum atomic E-state index is -4.57. The Bertz CT molecular complexity index is 971. The van der Waals surface area contributed by atoms with Crippen molar-refractivity contribution in [2.45, 2.75) is 25.9 Å². The van der Waals surface area contributed by atoms with Crippen LogP contribution in [0.3, 0.4) is 0 Å². The van der Waals surface area contributed by atoms with Crippen molar-refractivity contribution in [3.8, 4) is 0 Å². The van der Waals surface area contributed by atoms with Gasteiger partial charge >= 0.3 is 6.18 Å². The van der Waals surface area contributed by atoms with Crippen LogP contribution >= 0.6 is 15.9 Å². The molecule has 1 heterocycles. The van der Waals surface area contributed by atoms with Gasteiger partial charge in [0.1, 0.15) is 5.56 Å². The molecule has 0 atom stereocenters. The van der Waals surface area contributed by atoms with Crippen LogP contribution in [-0.4, -0.2) is 17.0 Å². The van der Waals surface area contributed by atoms with Crippen LogP contribution in [0, 0.1) is 0 Å². The molecule has 8 heteroatoms. The maximum Gasteiger partial charge on any atom is 0.421 e. The van der Waals surface area contributed by atoms with Gasteiger partial charge in [-0.15, -0.1) is 0 Å². The van der Waals surface area contributed by atoms with Gasteiger partial charge < -0.3 is 10.2 Å². The van der Waals surface area contributed by atoms with E-state index < -0.39 is 11.7 Å². The number of anilines is 4. The summed E-state index contributed by atoms with van der Waals surface area (Å²) >= 11 is 3.34. The molecule has 0 aliphatic carbocycles. The summed E-state index contributed by atoms with van der Waals surface area (Å²) in [5.74, 6) is 0.200. The molecule has 0 saturated heterocycles. The smallest absolute Gasteiger partial charge is 0.329 e. The number of benzene rings is 2. The third-order valence-corrected chi connectivity index (χ3v) is 4.97. The lowest BCUT2D eigenvalue weighted by Gasteiger charge is -2.23. The molecule has 3 rings (SSSR count). The standard InChI is InChI=1S/C21H20BrF3N4/c1-13(2)14-4-10-17(11-5-14)29(3)19-18(21(23,24)25)12-26-20(28-19)27-16-8-6-15(22)7-9-16/h4-13H,1-3H3,(H,26,27,28). The summed E-state index contributed by atoms with van der Waals surface area (Å²) in [7, 11) is 1.56. The molecular weight excluding hydrogens is 445 g/mol. The highest BCUT2D eigenvalue weighted by atomic mass is 79.9. The lowest BCUT2D eigenvalue weighted by molar-refractivity contribution is -0.137. The molecule has 0 bridgehead atoms. The third kappa shape index (κ3) is 5.06. The Balaban J connectivity index is 1.98. The fourth-order valence-electron chi connectivity index (χ4n) is 2.76. The Morgan fingerprint density at radius 3 is 2.17 bits per heavy atom. The molecule has 2 aromatic carbocycles. The van der Waals surface area contributed by atoms with Gasteiger partial charge in [0.05, 0.1) is 0 Å². The van der Waals surface area contributed by atoms with Crippen molar-refractivity contribution in [1.29, 1.82) is 0 Å². The van der Waals surface area contributed by atoms with E-state index in [1.807, 2.05) is 24.3 Å². The largest absolute Gasteiger partial charge is 0.421 e. The molecule has 1 aromatic heterocycles. The zero-order valence-electron chi connectivity index (χ0n) is 16.1. The third-order valence-electron chi connectivity index (χ3n) is 4.44. The predicted molar refractivity (Wildman–Crippen MR) is 113 cm³/mol. The van der Waals surface area contributed by atoms with E-state index in [1.165, 1.54) is 4.90 Å². The Morgan fingerprint density at radius 2 is 1.62 bits per heavy atom. The van der Waals surface area contributed by atoms with Crippen molar-refractivity contribution in [1.82, 2.24) is 9.97 Å². The van der Waals surface area contributed by atoms with Gasteiger partial charge in [-0.05, 0) is 47.9 Å². The van der Waals surface area contributed by atoms with Crippen molar-refractivity contribution in [2.24, 2.45) is 0 Å². The van der Waals surface area contributed by atoms with Crippen LogP contribution in [0.15, 0.2) is 59.2 Å². The van der Waals surface area contributed by atoms with E-state index >= 15 is 0 Å². The second-order valence-corrected chi connectivity index (χ2v) is 7.78. The highest BCUT2D eigenvalue weighted by molar-refractivity contribution is 9.10. The van der Waals surface area contributed by atoms with Crippen molar-refractivity contribution in [3.63, 3.8) is 0 Å². The number of alkyl halides is 3. The molecule has 0 fully saturated rings. The van der Waals surface area contributed by atoms with Gasteiger partial charge in [0.25, 0.3) is 0 Å². The molecule has 0 radical (unpaired) electrons. The lowest BCUT2D eigenvalue weighted by Crippen LogP contribution is -2.19. The van der Waals surface area contributed by atoms with E-state index in [0.717, 1.165) is 16.2 Å². The van der Waals surface area contributed by atoms with Crippen LogP contribution in [-0.2, 0) is 6.18 Å². The second kappa shape index (κ2) is 8.41. The summed E-state index contributed by atoms with van der Waals surface area (Å²) in [5.41, 5.74) is 1.49. The molecule has 1 N–H and O–H groups in total. The summed E-state index contributed by atoms with van der Waals surface area (Å²) in [5, 5.41) is 2.94. The van der Waals surface area contributed by atoms with E-state index in [2.05, 4.69) is 45.1 Å². The molecule has 4 nitrogen and oxygen atoms in total. The number of rotatable bonds is 5. The summed E-state index contributed by atoms with van der Waals surface area (Å²) in [6.45, 7) is 4.12. The quantitative estimate of drug-likeness (QED) is 0.446. The van der Waals surface area contributed by atoms with Crippen LogP contribution < -0.4 is 10.2 Å². The predicted octanol–water partition coefficient (Wildman–Crippen LogP) is 6.89. The second-order valence-electron chi connectivity index (χ2n) is 6.87. The lowest BCUT2D eigenvalue weighted by atomic mass is 10.0. The number of halogens is 4. The van der Waals surface area contributed by atoms with E-state index in [-0.39, 0.29) is 11.8 Å². The molecule has 3 aromatic rings. The molecule has 0 spiro atoms. The normalized spacial score (nSPS) is 11.6. The van der Waals surface area contributed by atoms with E-state index in [4.69, 9.17) is 0 Å². The number of hydrogen-bond acceptors (Lipinski definition) is 4. The Kier molecular flexibility index (Phi) is 6.12. The molecule has 152 valence electrons. The first-order valence-corrected chi connectivity index (χ1v) is 9.75. The van der Waals surface area contributed by atoms with Crippen LogP contribution in [0.2, 0.25) is 0 Å². The van der Waals surface area contributed by atoms with E-state index in [0.29, 0.717) is 17.3 Å². The van der Waals surface area contributed by atoms with Gasteiger partial charge in [-0.3, -0.25) is 0 Å². The van der Waals surface area contributed by atoms with E-state index in [1.54, 1.807) is 31.3 Å². The summed E-state index contributed by atoms with van der Waals surface area (Å²) in [6, 6.07) is 14.6. The minimum absolute atomic E-state index is 0.0842. The van der Waals surface area contributed by atoms with Crippen LogP contribution in [0.25, 0.3) is 0 Å². The minimum Gasteiger partial charge on any atom is -0.329 e. The highest BCUT2D eigenvalue weighted by Gasteiger charge is 2.36. The topological polar surface area (TPSA) is 41.1 Å². The van der Waals surface area contributed by atoms with Gasteiger partial charge in [-0.25, -0.2) is 4.98 Å². The van der Waals surface area contributed by atoms with Crippen molar-refractivity contribution in [3.05, 3.63) is 70.3 Å². The molecule has 0 aliphatic heterocycles. The summed E-state index contributed by atoms with van der Waals surface area (Å²) in [6.07, 6.45) is -3.76. The molecule has 29 heavy (non-hydrogen) atoms. The molecule has 0 amide bonds. The van der Waals surface area contributed by atoms with Crippen LogP contribution in [0.5, 0.6) is 0 Å². The first-order valence-electron chi connectivity index (χ1n) is 8.95. The van der Waals surface area contributed by atoms with Gasteiger partial charge in [0.15, 0.2) is 5.82 Å². The van der Waals surface area contributed by atoms with Crippen molar-refractivity contribution >= 4 is 39.1 Å². The fraction of sp³-hybridized carbons (Fsp3) is 0.238. The number of nitrogens with zero attached hydrogens (tertiary/aromatic N) is 3. The van der Waals surface area contributed by atoms with Gasteiger partial charge in [-0.1, -0.05) is 41.9 Å². The molecule has 0 unspecified atom stereocenters. The number of hydrogen-bond donors (Lipinski definition) is 1. The fourth-order valence-corrected chi connectivity index (χ4v) is 3.02. The van der Waals surface area contributed by atoms with Crippen LogP contribution in [0.1, 0.15) is 30.9 Å². The first kappa shape index (κ1) is 21.1. The monoisotopic (exact) mass is 464 g/mol. The Hall–Kier alpha value is -2.61. The van der Waals surface area contributed by atoms with E-state index in [9.17, 15) is 13.2 Å². The highest BCUT2D eigenvalue weighted by Crippen LogP contribution is 2.38. The summed E-state index contributed by atoms with van der Waals surface area (Å²) < 4.78 is 41.6. The van der Waals surface area contributed by atoms with Crippen molar-refractivity contribution < 1.29 is 13.2 Å². The van der Waals surface area contributed by atoms with Gasteiger partial charge in [0, 0.05) is 29.1 Å². The number of nitrogens with one attached hydrogen (secondary N) is 1. The zero-order chi connectivity index (χ0) is 21.2. The van der Waals surface area contributed by atoms with Crippen molar-refractivity contribution in [2.75, 3.05) is 17.3 Å². The molecule has 0 aliphatic rings. The van der Waals surface area contributed by atoms with Crippen LogP contribution in [0.4, 0.5) is 36.3 Å². The average molecular weight is 465 g/mol. The van der Waals surface area contributed by atoms with Gasteiger partial charge in [-0.2, -0.15) is 18.2 Å². The maximum absolute atomic E-state index is 13.6. The summed E-state index contributed by atoms with van der Waals surface area (Å²) in [4.78, 5) is 9.44. The SMILES string of the molecule is CC(C)c1ccc(N(C)c2nc(Nc3ccc(Br)cc3)ncc2C(F)(F)F)cc1. The van der Waals surface area contributed by atoms with Gasteiger partial charge in [0.2, 0.25) is 5.95 Å².